The second kappa shape index (κ2) is 5.74. The van der Waals surface area contributed by atoms with Crippen LogP contribution in [0, 0.1) is 6.92 Å². The normalized spacial score (nSPS) is 15.7. The molecule has 110 valence electrons. The van der Waals surface area contributed by atoms with E-state index in [9.17, 15) is 9.90 Å². The lowest BCUT2D eigenvalue weighted by Crippen LogP contribution is -2.30. The lowest BCUT2D eigenvalue weighted by Gasteiger charge is -2.14. The highest BCUT2D eigenvalue weighted by Crippen LogP contribution is 2.35. The molecule has 0 saturated heterocycles. The van der Waals surface area contributed by atoms with Crippen molar-refractivity contribution in [2.75, 3.05) is 6.54 Å². The second-order valence-corrected chi connectivity index (χ2v) is 5.67. The van der Waals surface area contributed by atoms with Gasteiger partial charge in [0.2, 0.25) is 0 Å². The van der Waals surface area contributed by atoms with Gasteiger partial charge in [0.05, 0.1) is 6.10 Å². The minimum atomic E-state index is -0.682. The van der Waals surface area contributed by atoms with E-state index in [4.69, 9.17) is 0 Å². The summed E-state index contributed by atoms with van der Waals surface area (Å²) in [6, 6.07) is 11.9. The van der Waals surface area contributed by atoms with Gasteiger partial charge in [-0.15, -0.1) is 0 Å². The van der Waals surface area contributed by atoms with Gasteiger partial charge in [0.1, 0.15) is 5.69 Å². The first-order valence-electron chi connectivity index (χ1n) is 7.35. The number of aliphatic hydroxyl groups excluding tert-OH is 1. The molecule has 4 nitrogen and oxygen atoms in total. The zero-order valence-corrected chi connectivity index (χ0v) is 12.1. The average molecular weight is 284 g/mol. The van der Waals surface area contributed by atoms with Crippen molar-refractivity contribution in [2.45, 2.75) is 31.9 Å². The number of nitrogens with zero attached hydrogens (tertiary/aromatic N) is 1. The Bertz CT molecular complexity index is 644. The number of hydrogen-bond donors (Lipinski definition) is 2. The highest BCUT2D eigenvalue weighted by Gasteiger charge is 2.26. The standard InChI is InChI=1S/C17H20N2O2/c1-12-4-2-5-13(10-12)16(20)11-18-17(21)15-6-3-9-19(15)14-7-8-14/h2-6,9-10,14,16,20H,7-8,11H2,1H3,(H,18,21). The quantitative estimate of drug-likeness (QED) is 0.886. The van der Waals surface area contributed by atoms with Crippen molar-refractivity contribution < 1.29 is 9.90 Å². The fourth-order valence-electron chi connectivity index (χ4n) is 2.53. The smallest absolute Gasteiger partial charge is 0.268 e. The molecule has 1 amide bonds. The van der Waals surface area contributed by atoms with Gasteiger partial charge in [0.15, 0.2) is 0 Å². The summed E-state index contributed by atoms with van der Waals surface area (Å²) in [5, 5.41) is 13.0. The zero-order valence-electron chi connectivity index (χ0n) is 12.1. The monoisotopic (exact) mass is 284 g/mol. The van der Waals surface area contributed by atoms with Crippen LogP contribution >= 0.6 is 0 Å². The number of amides is 1. The fourth-order valence-corrected chi connectivity index (χ4v) is 2.53. The van der Waals surface area contributed by atoms with Gasteiger partial charge >= 0.3 is 0 Å². The van der Waals surface area contributed by atoms with Crippen LogP contribution < -0.4 is 5.32 Å². The van der Waals surface area contributed by atoms with E-state index in [1.165, 1.54) is 0 Å². The molecule has 1 heterocycles. The minimum Gasteiger partial charge on any atom is -0.387 e. The maximum absolute atomic E-state index is 12.2. The van der Waals surface area contributed by atoms with Crippen molar-refractivity contribution in [3.63, 3.8) is 0 Å². The van der Waals surface area contributed by atoms with Crippen molar-refractivity contribution in [3.8, 4) is 0 Å². The molecule has 1 aromatic carbocycles. The Hall–Kier alpha value is -2.07. The molecule has 1 aliphatic rings. The van der Waals surface area contributed by atoms with Crippen molar-refractivity contribution >= 4 is 5.91 Å². The summed E-state index contributed by atoms with van der Waals surface area (Å²) in [5.74, 6) is -0.126. The number of nitrogens with one attached hydrogen (secondary N) is 1. The Labute approximate surface area is 124 Å². The Morgan fingerprint density at radius 1 is 1.38 bits per heavy atom. The predicted molar refractivity (Wildman–Crippen MR) is 81.2 cm³/mol. The molecule has 1 saturated carbocycles. The summed E-state index contributed by atoms with van der Waals surface area (Å²) in [6.07, 6.45) is 3.55. The molecule has 4 heteroatoms. The van der Waals surface area contributed by atoms with Crippen LogP contribution in [0.3, 0.4) is 0 Å². The third kappa shape index (κ3) is 3.16. The summed E-state index contributed by atoms with van der Waals surface area (Å²) in [5.41, 5.74) is 2.60. The molecule has 2 aromatic rings. The first-order valence-corrected chi connectivity index (χ1v) is 7.35. The SMILES string of the molecule is Cc1cccc(C(O)CNC(=O)c2cccn2C2CC2)c1. The molecule has 0 spiro atoms. The van der Waals surface area contributed by atoms with Gasteiger partial charge in [-0.1, -0.05) is 29.8 Å². The van der Waals surface area contributed by atoms with Crippen molar-refractivity contribution in [1.29, 1.82) is 0 Å². The highest BCUT2D eigenvalue weighted by molar-refractivity contribution is 5.92. The first-order chi connectivity index (χ1) is 10.1. The van der Waals surface area contributed by atoms with Crippen LogP contribution in [0.1, 0.15) is 46.6 Å². The van der Waals surface area contributed by atoms with E-state index in [1.807, 2.05) is 54.1 Å². The number of aryl methyl sites for hydroxylation is 1. The van der Waals surface area contributed by atoms with Crippen LogP contribution in [0.25, 0.3) is 0 Å². The van der Waals surface area contributed by atoms with Gasteiger partial charge in [0.25, 0.3) is 5.91 Å². The number of carbonyl (C=O) groups is 1. The lowest BCUT2D eigenvalue weighted by atomic mass is 10.1. The molecule has 2 N–H and O–H groups in total. The molecule has 0 radical (unpaired) electrons. The molecule has 1 aliphatic carbocycles. The predicted octanol–water partition coefficient (Wildman–Crippen LogP) is 2.59. The van der Waals surface area contributed by atoms with E-state index < -0.39 is 6.10 Å². The molecular weight excluding hydrogens is 264 g/mol. The molecule has 0 aliphatic heterocycles. The van der Waals surface area contributed by atoms with E-state index >= 15 is 0 Å². The number of benzene rings is 1. The van der Waals surface area contributed by atoms with E-state index in [0.717, 1.165) is 24.0 Å². The molecular formula is C17H20N2O2. The molecule has 3 rings (SSSR count). The lowest BCUT2D eigenvalue weighted by molar-refractivity contribution is 0.0907. The number of carbonyl (C=O) groups excluding carboxylic acids is 1. The molecule has 1 atom stereocenters. The topological polar surface area (TPSA) is 54.3 Å². The fraction of sp³-hybridized carbons (Fsp3) is 0.353. The van der Waals surface area contributed by atoms with E-state index in [1.54, 1.807) is 0 Å². The summed E-state index contributed by atoms with van der Waals surface area (Å²) in [4.78, 5) is 12.2. The number of aromatic nitrogens is 1. The second-order valence-electron chi connectivity index (χ2n) is 5.67. The van der Waals surface area contributed by atoms with Gasteiger partial charge in [-0.3, -0.25) is 4.79 Å². The van der Waals surface area contributed by atoms with Crippen LogP contribution in [-0.4, -0.2) is 22.1 Å². The first kappa shape index (κ1) is 13.9. The summed E-state index contributed by atoms with van der Waals surface area (Å²) in [7, 11) is 0. The Morgan fingerprint density at radius 3 is 2.90 bits per heavy atom. The Kier molecular flexibility index (Phi) is 3.80. The third-order valence-electron chi connectivity index (χ3n) is 3.83. The van der Waals surface area contributed by atoms with E-state index in [0.29, 0.717) is 11.7 Å². The Balaban J connectivity index is 1.61. The van der Waals surface area contributed by atoms with Crippen molar-refractivity contribution in [2.24, 2.45) is 0 Å². The van der Waals surface area contributed by atoms with Crippen LogP contribution in [0.15, 0.2) is 42.6 Å². The molecule has 1 aromatic heterocycles. The van der Waals surface area contributed by atoms with E-state index in [-0.39, 0.29) is 12.5 Å². The number of rotatable bonds is 5. The highest BCUT2D eigenvalue weighted by atomic mass is 16.3. The van der Waals surface area contributed by atoms with Gasteiger partial charge in [-0.2, -0.15) is 0 Å². The summed E-state index contributed by atoms with van der Waals surface area (Å²) < 4.78 is 2.02. The van der Waals surface area contributed by atoms with Crippen LogP contribution in [-0.2, 0) is 0 Å². The Morgan fingerprint density at radius 2 is 2.19 bits per heavy atom. The maximum atomic E-state index is 12.2. The van der Waals surface area contributed by atoms with Gasteiger partial charge in [-0.25, -0.2) is 0 Å². The maximum Gasteiger partial charge on any atom is 0.268 e. The molecule has 0 bridgehead atoms. The number of aliphatic hydroxyl groups is 1. The van der Waals surface area contributed by atoms with Crippen LogP contribution in [0.4, 0.5) is 0 Å². The van der Waals surface area contributed by atoms with Gasteiger partial charge < -0.3 is 15.0 Å². The minimum absolute atomic E-state index is 0.126. The average Bonchev–Trinajstić information content (AvgIpc) is 3.21. The summed E-state index contributed by atoms with van der Waals surface area (Å²) in [6.45, 7) is 2.20. The van der Waals surface area contributed by atoms with Gasteiger partial charge in [-0.05, 0) is 37.5 Å². The van der Waals surface area contributed by atoms with Crippen LogP contribution in [0.5, 0.6) is 0 Å². The molecule has 1 fully saturated rings. The van der Waals surface area contributed by atoms with E-state index in [2.05, 4.69) is 5.32 Å². The molecule has 21 heavy (non-hydrogen) atoms. The summed E-state index contributed by atoms with van der Waals surface area (Å²) >= 11 is 0. The van der Waals surface area contributed by atoms with Crippen LogP contribution in [0.2, 0.25) is 0 Å². The van der Waals surface area contributed by atoms with Crippen molar-refractivity contribution in [1.82, 2.24) is 9.88 Å². The third-order valence-corrected chi connectivity index (χ3v) is 3.83. The van der Waals surface area contributed by atoms with Crippen molar-refractivity contribution in [3.05, 3.63) is 59.4 Å². The largest absolute Gasteiger partial charge is 0.387 e. The molecule has 1 unspecified atom stereocenters. The number of hydrogen-bond acceptors (Lipinski definition) is 2. The van der Waals surface area contributed by atoms with Gasteiger partial charge in [0, 0.05) is 18.8 Å². The zero-order chi connectivity index (χ0) is 14.8.